The minimum Gasteiger partial charge on any atom is -0.316 e. The molecule has 0 radical (unpaired) electrons. The predicted octanol–water partition coefficient (Wildman–Crippen LogP) is 3.65. The standard InChI is InChI=1S/C17H26N2S/c1-10-19-15(9-20-10)8-16(18-2)17-13-4-11-3-12(6-13)7-14(17)5-11/h9,11-14,16-18H,3-8H2,1-2H3. The highest BCUT2D eigenvalue weighted by molar-refractivity contribution is 7.09. The molecule has 0 spiro atoms. The van der Waals surface area contributed by atoms with Gasteiger partial charge in [0.1, 0.15) is 0 Å². The Morgan fingerprint density at radius 1 is 1.20 bits per heavy atom. The summed E-state index contributed by atoms with van der Waals surface area (Å²) in [7, 11) is 2.16. The second-order valence-corrected chi connectivity index (χ2v) is 8.53. The van der Waals surface area contributed by atoms with Crippen LogP contribution in [0.25, 0.3) is 0 Å². The summed E-state index contributed by atoms with van der Waals surface area (Å²) < 4.78 is 0. The van der Waals surface area contributed by atoms with E-state index in [1.54, 1.807) is 17.8 Å². The molecule has 1 unspecified atom stereocenters. The Morgan fingerprint density at radius 3 is 2.35 bits per heavy atom. The van der Waals surface area contributed by atoms with Gasteiger partial charge in [0.05, 0.1) is 10.7 Å². The van der Waals surface area contributed by atoms with Crippen LogP contribution in [0.15, 0.2) is 5.38 Å². The lowest BCUT2D eigenvalue weighted by Crippen LogP contribution is -2.53. The van der Waals surface area contributed by atoms with Crippen molar-refractivity contribution < 1.29 is 0 Å². The zero-order valence-corrected chi connectivity index (χ0v) is 13.5. The van der Waals surface area contributed by atoms with Crippen LogP contribution in [0.4, 0.5) is 0 Å². The van der Waals surface area contributed by atoms with E-state index in [9.17, 15) is 0 Å². The maximum atomic E-state index is 4.69. The number of hydrogen-bond donors (Lipinski definition) is 1. The largest absolute Gasteiger partial charge is 0.316 e. The molecule has 4 aliphatic rings. The monoisotopic (exact) mass is 290 g/mol. The van der Waals surface area contributed by atoms with Gasteiger partial charge in [0.2, 0.25) is 0 Å². The number of nitrogens with one attached hydrogen (secondary N) is 1. The summed E-state index contributed by atoms with van der Waals surface area (Å²) in [6, 6.07) is 0.645. The zero-order chi connectivity index (χ0) is 13.7. The maximum absolute atomic E-state index is 4.69. The average Bonchev–Trinajstić information content (AvgIpc) is 2.81. The Bertz CT molecular complexity index is 453. The Hall–Kier alpha value is -0.410. The zero-order valence-electron chi connectivity index (χ0n) is 12.6. The average molecular weight is 290 g/mol. The molecule has 110 valence electrons. The highest BCUT2D eigenvalue weighted by atomic mass is 32.1. The molecular formula is C17H26N2S. The van der Waals surface area contributed by atoms with Gasteiger partial charge in [-0.1, -0.05) is 0 Å². The minimum atomic E-state index is 0.645. The summed E-state index contributed by atoms with van der Waals surface area (Å²) in [6.45, 7) is 2.12. The Kier molecular flexibility index (Phi) is 3.38. The molecule has 4 fully saturated rings. The molecule has 0 amide bonds. The number of nitrogens with zero attached hydrogens (tertiary/aromatic N) is 1. The first kappa shape index (κ1) is 13.3. The van der Waals surface area contributed by atoms with Crippen LogP contribution >= 0.6 is 11.3 Å². The molecule has 20 heavy (non-hydrogen) atoms. The summed E-state index contributed by atoms with van der Waals surface area (Å²) in [4.78, 5) is 4.69. The van der Waals surface area contributed by atoms with E-state index < -0.39 is 0 Å². The molecular weight excluding hydrogens is 264 g/mol. The lowest BCUT2D eigenvalue weighted by molar-refractivity contribution is -0.0508. The fraction of sp³-hybridized carbons (Fsp3) is 0.824. The highest BCUT2D eigenvalue weighted by Gasteiger charge is 2.50. The normalized spacial score (nSPS) is 40.2. The fourth-order valence-corrected chi connectivity index (χ4v) is 6.41. The first-order valence-corrected chi connectivity index (χ1v) is 9.19. The molecule has 4 saturated carbocycles. The molecule has 5 rings (SSSR count). The van der Waals surface area contributed by atoms with Crippen LogP contribution in [0.2, 0.25) is 0 Å². The number of aryl methyl sites for hydroxylation is 1. The van der Waals surface area contributed by atoms with Crippen molar-refractivity contribution in [3.8, 4) is 0 Å². The van der Waals surface area contributed by atoms with Gasteiger partial charge in [-0.2, -0.15) is 0 Å². The summed E-state index contributed by atoms with van der Waals surface area (Å²) >= 11 is 1.79. The minimum absolute atomic E-state index is 0.645. The second kappa shape index (κ2) is 5.10. The van der Waals surface area contributed by atoms with Gasteiger partial charge in [-0.25, -0.2) is 4.98 Å². The predicted molar refractivity (Wildman–Crippen MR) is 83.9 cm³/mol. The van der Waals surface area contributed by atoms with E-state index in [0.29, 0.717) is 6.04 Å². The summed E-state index contributed by atoms with van der Waals surface area (Å²) in [6.07, 6.45) is 8.76. The number of rotatable bonds is 4. The van der Waals surface area contributed by atoms with Gasteiger partial charge in [-0.3, -0.25) is 0 Å². The van der Waals surface area contributed by atoms with Crippen molar-refractivity contribution >= 4 is 11.3 Å². The van der Waals surface area contributed by atoms with Crippen LogP contribution in [0.5, 0.6) is 0 Å². The first-order chi connectivity index (χ1) is 9.72. The van der Waals surface area contributed by atoms with Gasteiger partial charge in [-0.05, 0) is 75.7 Å². The lowest BCUT2D eigenvalue weighted by Gasteiger charge is -2.56. The Morgan fingerprint density at radius 2 is 1.85 bits per heavy atom. The van der Waals surface area contributed by atoms with Crippen LogP contribution in [0.1, 0.15) is 42.8 Å². The van der Waals surface area contributed by atoms with E-state index in [1.165, 1.54) is 36.4 Å². The van der Waals surface area contributed by atoms with Gasteiger partial charge in [0, 0.05) is 17.8 Å². The Balaban J connectivity index is 1.52. The van der Waals surface area contributed by atoms with Gasteiger partial charge in [0.15, 0.2) is 0 Å². The van der Waals surface area contributed by atoms with E-state index in [-0.39, 0.29) is 0 Å². The molecule has 1 heterocycles. The number of aromatic nitrogens is 1. The Labute approximate surface area is 126 Å². The van der Waals surface area contributed by atoms with Crippen LogP contribution in [0.3, 0.4) is 0 Å². The molecule has 0 saturated heterocycles. The smallest absolute Gasteiger partial charge is 0.0897 e. The van der Waals surface area contributed by atoms with Gasteiger partial charge < -0.3 is 5.32 Å². The molecule has 1 N–H and O–H groups in total. The molecule has 1 aromatic heterocycles. The van der Waals surface area contributed by atoms with E-state index in [2.05, 4.69) is 29.7 Å². The first-order valence-electron chi connectivity index (χ1n) is 8.31. The van der Waals surface area contributed by atoms with Gasteiger partial charge in [-0.15, -0.1) is 11.3 Å². The van der Waals surface area contributed by atoms with Crippen molar-refractivity contribution in [1.29, 1.82) is 0 Å². The van der Waals surface area contributed by atoms with Crippen molar-refractivity contribution in [3.63, 3.8) is 0 Å². The molecule has 4 aliphatic carbocycles. The summed E-state index contributed by atoms with van der Waals surface area (Å²) in [5.41, 5.74) is 1.31. The lowest BCUT2D eigenvalue weighted by atomic mass is 9.50. The van der Waals surface area contributed by atoms with Crippen molar-refractivity contribution in [3.05, 3.63) is 16.1 Å². The third-order valence-electron chi connectivity index (χ3n) is 6.23. The van der Waals surface area contributed by atoms with Crippen molar-refractivity contribution in [1.82, 2.24) is 10.3 Å². The molecule has 1 aromatic rings. The van der Waals surface area contributed by atoms with Crippen LogP contribution in [-0.2, 0) is 6.42 Å². The third-order valence-corrected chi connectivity index (χ3v) is 7.05. The number of thiazole rings is 1. The molecule has 4 bridgehead atoms. The topological polar surface area (TPSA) is 24.9 Å². The van der Waals surface area contributed by atoms with E-state index in [4.69, 9.17) is 0 Å². The van der Waals surface area contributed by atoms with Crippen LogP contribution < -0.4 is 5.32 Å². The third kappa shape index (κ3) is 2.23. The quantitative estimate of drug-likeness (QED) is 0.915. The molecule has 2 nitrogen and oxygen atoms in total. The SMILES string of the molecule is CNC(Cc1csc(C)n1)C1C2CC3CC(C2)CC1C3. The second-order valence-electron chi connectivity index (χ2n) is 7.47. The summed E-state index contributed by atoms with van der Waals surface area (Å²) in [5, 5.41) is 7.12. The van der Waals surface area contributed by atoms with Crippen molar-refractivity contribution in [2.45, 2.75) is 51.5 Å². The number of hydrogen-bond acceptors (Lipinski definition) is 3. The van der Waals surface area contributed by atoms with E-state index in [0.717, 1.165) is 36.0 Å². The van der Waals surface area contributed by atoms with Gasteiger partial charge in [0.25, 0.3) is 0 Å². The highest BCUT2D eigenvalue weighted by Crippen LogP contribution is 2.57. The van der Waals surface area contributed by atoms with Crippen LogP contribution in [0, 0.1) is 36.5 Å². The van der Waals surface area contributed by atoms with E-state index >= 15 is 0 Å². The molecule has 0 aliphatic heterocycles. The number of likely N-dealkylation sites (N-methyl/N-ethyl adjacent to an activating group) is 1. The van der Waals surface area contributed by atoms with E-state index in [1.807, 2.05) is 0 Å². The van der Waals surface area contributed by atoms with Crippen molar-refractivity contribution in [2.24, 2.45) is 29.6 Å². The van der Waals surface area contributed by atoms with Gasteiger partial charge >= 0.3 is 0 Å². The molecule has 0 aromatic carbocycles. The fourth-order valence-electron chi connectivity index (χ4n) is 5.78. The molecule has 1 atom stereocenters. The maximum Gasteiger partial charge on any atom is 0.0897 e. The molecule has 3 heteroatoms. The van der Waals surface area contributed by atoms with Crippen LogP contribution in [-0.4, -0.2) is 18.1 Å². The van der Waals surface area contributed by atoms with Crippen molar-refractivity contribution in [2.75, 3.05) is 7.05 Å². The summed E-state index contributed by atoms with van der Waals surface area (Å²) in [5.74, 6) is 5.07.